The fraction of sp³-hybridized carbons (Fsp3) is 0.250. The quantitative estimate of drug-likeness (QED) is 0.862. The third kappa shape index (κ3) is 2.48. The smallest absolute Gasteiger partial charge is 0.0844 e. The van der Waals surface area contributed by atoms with E-state index in [0.717, 1.165) is 32.1 Å². The first kappa shape index (κ1) is 12.5. The summed E-state index contributed by atoms with van der Waals surface area (Å²) in [7, 11) is 0. The number of halogens is 2. The van der Waals surface area contributed by atoms with Crippen molar-refractivity contribution in [1.82, 2.24) is 9.78 Å². The molecule has 3 nitrogen and oxygen atoms in total. The highest BCUT2D eigenvalue weighted by Crippen LogP contribution is 2.23. The van der Waals surface area contributed by atoms with Crippen LogP contribution in [0.5, 0.6) is 0 Å². The summed E-state index contributed by atoms with van der Waals surface area (Å²) in [5.74, 6) is 0. The van der Waals surface area contributed by atoms with Crippen LogP contribution in [0.3, 0.4) is 0 Å². The van der Waals surface area contributed by atoms with Crippen LogP contribution in [0.25, 0.3) is 0 Å². The van der Waals surface area contributed by atoms with Gasteiger partial charge < -0.3 is 5.73 Å². The third-order valence-corrected chi connectivity index (χ3v) is 3.96. The molecule has 2 rings (SSSR count). The number of nitrogen functional groups attached to an aromatic ring is 1. The minimum atomic E-state index is 0.677. The van der Waals surface area contributed by atoms with Crippen molar-refractivity contribution in [2.45, 2.75) is 20.4 Å². The molecule has 0 saturated carbocycles. The van der Waals surface area contributed by atoms with Gasteiger partial charge >= 0.3 is 0 Å². The van der Waals surface area contributed by atoms with Crippen molar-refractivity contribution < 1.29 is 0 Å². The summed E-state index contributed by atoms with van der Waals surface area (Å²) >= 11 is 9.48. The van der Waals surface area contributed by atoms with Gasteiger partial charge in [-0.2, -0.15) is 5.10 Å². The standard InChI is InChI=1S/C12H13BrClN3/c1-7-12(14)8(2)17(16-7)6-9-3-4-10(13)11(15)5-9/h3-5H,6,15H2,1-2H3. The number of rotatable bonds is 2. The number of benzene rings is 1. The molecule has 0 fully saturated rings. The highest BCUT2D eigenvalue weighted by molar-refractivity contribution is 9.10. The monoisotopic (exact) mass is 313 g/mol. The molecule has 0 atom stereocenters. The predicted molar refractivity (Wildman–Crippen MR) is 74.4 cm³/mol. The van der Waals surface area contributed by atoms with Crippen molar-refractivity contribution in [2.24, 2.45) is 0 Å². The lowest BCUT2D eigenvalue weighted by molar-refractivity contribution is 0.659. The van der Waals surface area contributed by atoms with E-state index < -0.39 is 0 Å². The van der Waals surface area contributed by atoms with E-state index in [1.807, 2.05) is 36.7 Å². The molecule has 17 heavy (non-hydrogen) atoms. The average molecular weight is 315 g/mol. The van der Waals surface area contributed by atoms with E-state index in [4.69, 9.17) is 17.3 Å². The molecule has 0 saturated heterocycles. The van der Waals surface area contributed by atoms with Crippen molar-refractivity contribution >= 4 is 33.2 Å². The molecule has 0 unspecified atom stereocenters. The number of nitrogens with zero attached hydrogens (tertiary/aromatic N) is 2. The SMILES string of the molecule is Cc1nn(Cc2ccc(Br)c(N)c2)c(C)c1Cl. The minimum Gasteiger partial charge on any atom is -0.398 e. The Hall–Kier alpha value is -1.00. The fourth-order valence-corrected chi connectivity index (χ4v) is 2.08. The van der Waals surface area contributed by atoms with Crippen LogP contribution in [-0.2, 0) is 6.54 Å². The molecular weight excluding hydrogens is 302 g/mol. The van der Waals surface area contributed by atoms with E-state index in [9.17, 15) is 0 Å². The zero-order valence-corrected chi connectivity index (χ0v) is 12.0. The van der Waals surface area contributed by atoms with Crippen LogP contribution in [-0.4, -0.2) is 9.78 Å². The molecule has 1 heterocycles. The molecule has 90 valence electrons. The number of anilines is 1. The molecular formula is C12H13BrClN3. The summed E-state index contributed by atoms with van der Waals surface area (Å²) in [6, 6.07) is 5.90. The van der Waals surface area contributed by atoms with Gasteiger partial charge in [0.15, 0.2) is 0 Å². The van der Waals surface area contributed by atoms with Crippen LogP contribution in [0, 0.1) is 13.8 Å². The van der Waals surface area contributed by atoms with Crippen molar-refractivity contribution in [2.75, 3.05) is 5.73 Å². The van der Waals surface area contributed by atoms with Gasteiger partial charge in [-0.1, -0.05) is 17.7 Å². The zero-order valence-electron chi connectivity index (χ0n) is 9.67. The molecule has 2 aromatic rings. The Kier molecular flexibility index (Phi) is 3.45. The molecule has 0 spiro atoms. The maximum Gasteiger partial charge on any atom is 0.0844 e. The van der Waals surface area contributed by atoms with E-state index in [1.54, 1.807) is 0 Å². The molecule has 0 amide bonds. The van der Waals surface area contributed by atoms with Crippen LogP contribution in [0.4, 0.5) is 5.69 Å². The molecule has 5 heteroatoms. The summed E-state index contributed by atoms with van der Waals surface area (Å²) in [4.78, 5) is 0. The van der Waals surface area contributed by atoms with Gasteiger partial charge in [-0.15, -0.1) is 0 Å². The Morgan fingerprint density at radius 1 is 1.41 bits per heavy atom. The third-order valence-electron chi connectivity index (χ3n) is 2.69. The first-order valence-corrected chi connectivity index (χ1v) is 6.39. The highest BCUT2D eigenvalue weighted by Gasteiger charge is 2.09. The number of hydrogen-bond acceptors (Lipinski definition) is 2. The van der Waals surface area contributed by atoms with Gasteiger partial charge in [0.2, 0.25) is 0 Å². The Morgan fingerprint density at radius 3 is 2.65 bits per heavy atom. The van der Waals surface area contributed by atoms with Crippen molar-refractivity contribution in [3.05, 3.63) is 44.6 Å². The molecule has 1 aromatic carbocycles. The van der Waals surface area contributed by atoms with Crippen LogP contribution < -0.4 is 5.73 Å². The second kappa shape index (κ2) is 4.70. The largest absolute Gasteiger partial charge is 0.398 e. The lowest BCUT2D eigenvalue weighted by Gasteiger charge is -2.06. The average Bonchev–Trinajstić information content (AvgIpc) is 2.52. The number of aromatic nitrogens is 2. The maximum atomic E-state index is 6.11. The highest BCUT2D eigenvalue weighted by atomic mass is 79.9. The van der Waals surface area contributed by atoms with Crippen molar-refractivity contribution in [1.29, 1.82) is 0 Å². The summed E-state index contributed by atoms with van der Waals surface area (Å²) < 4.78 is 2.80. The van der Waals surface area contributed by atoms with Crippen LogP contribution >= 0.6 is 27.5 Å². The van der Waals surface area contributed by atoms with Crippen molar-refractivity contribution in [3.63, 3.8) is 0 Å². The van der Waals surface area contributed by atoms with E-state index in [-0.39, 0.29) is 0 Å². The second-order valence-corrected chi connectivity index (χ2v) is 5.23. The fourth-order valence-electron chi connectivity index (χ4n) is 1.69. The van der Waals surface area contributed by atoms with Gasteiger partial charge in [0, 0.05) is 10.2 Å². The maximum absolute atomic E-state index is 6.11. The van der Waals surface area contributed by atoms with Crippen LogP contribution in [0.1, 0.15) is 17.0 Å². The first-order chi connectivity index (χ1) is 7.99. The summed E-state index contributed by atoms with van der Waals surface area (Å²) in [6.45, 7) is 4.54. The van der Waals surface area contributed by atoms with E-state index in [2.05, 4.69) is 21.0 Å². The molecule has 2 N–H and O–H groups in total. The summed E-state index contributed by atoms with van der Waals surface area (Å²) in [6.07, 6.45) is 0. The Bertz CT molecular complexity index is 563. The molecule has 0 radical (unpaired) electrons. The van der Waals surface area contributed by atoms with E-state index in [0.29, 0.717) is 6.54 Å². The molecule has 0 aliphatic rings. The van der Waals surface area contributed by atoms with Crippen molar-refractivity contribution in [3.8, 4) is 0 Å². The summed E-state index contributed by atoms with van der Waals surface area (Å²) in [5, 5.41) is 5.12. The molecule has 0 aliphatic carbocycles. The van der Waals surface area contributed by atoms with Gasteiger partial charge in [-0.05, 0) is 47.5 Å². The number of aryl methyl sites for hydroxylation is 1. The normalized spacial score (nSPS) is 10.8. The van der Waals surface area contributed by atoms with Gasteiger partial charge in [0.1, 0.15) is 0 Å². The number of hydrogen-bond donors (Lipinski definition) is 1. The molecule has 0 aliphatic heterocycles. The van der Waals surface area contributed by atoms with Gasteiger partial charge in [0.25, 0.3) is 0 Å². The zero-order chi connectivity index (χ0) is 12.6. The predicted octanol–water partition coefficient (Wildman–Crippen LogP) is 3.55. The minimum absolute atomic E-state index is 0.677. The van der Waals surface area contributed by atoms with E-state index >= 15 is 0 Å². The number of nitrogens with two attached hydrogens (primary N) is 1. The van der Waals surface area contributed by atoms with E-state index in [1.165, 1.54) is 0 Å². The Morgan fingerprint density at radius 2 is 2.12 bits per heavy atom. The van der Waals surface area contributed by atoms with Gasteiger partial charge in [-0.3, -0.25) is 4.68 Å². The Balaban J connectivity index is 2.31. The van der Waals surface area contributed by atoms with Gasteiger partial charge in [0.05, 0.1) is 23.0 Å². The Labute approximate surface area is 114 Å². The second-order valence-electron chi connectivity index (χ2n) is 4.00. The lowest BCUT2D eigenvalue weighted by Crippen LogP contribution is -2.04. The topological polar surface area (TPSA) is 43.8 Å². The molecule has 0 bridgehead atoms. The first-order valence-electron chi connectivity index (χ1n) is 5.22. The van der Waals surface area contributed by atoms with Crippen LogP contribution in [0.15, 0.2) is 22.7 Å². The van der Waals surface area contributed by atoms with Gasteiger partial charge in [-0.25, -0.2) is 0 Å². The lowest BCUT2D eigenvalue weighted by atomic mass is 10.2. The molecule has 1 aromatic heterocycles. The van der Waals surface area contributed by atoms with Crippen LogP contribution in [0.2, 0.25) is 5.02 Å². The summed E-state index contributed by atoms with van der Waals surface area (Å²) in [5.41, 5.74) is 9.51.